The standard InChI is InChI=1S/C16H28N2/c1-18(15-2-3-15)5-4-17-16-13-7-11-6-12(9-13)10-14(16)8-11/h11-17H,2-10H2,1H3. The van der Waals surface area contributed by atoms with Crippen LogP contribution in [0.3, 0.4) is 0 Å². The molecule has 0 unspecified atom stereocenters. The zero-order chi connectivity index (χ0) is 12.1. The Bertz CT molecular complexity index is 282. The third-order valence-corrected chi connectivity index (χ3v) is 6.24. The van der Waals surface area contributed by atoms with Crippen molar-refractivity contribution < 1.29 is 0 Å². The Morgan fingerprint density at radius 2 is 1.56 bits per heavy atom. The van der Waals surface area contributed by atoms with Gasteiger partial charge in [-0.3, -0.25) is 0 Å². The van der Waals surface area contributed by atoms with Crippen molar-refractivity contribution in [2.24, 2.45) is 23.7 Å². The van der Waals surface area contributed by atoms with E-state index >= 15 is 0 Å². The fourth-order valence-electron chi connectivity index (χ4n) is 5.36. The molecule has 5 fully saturated rings. The maximum absolute atomic E-state index is 3.94. The molecule has 2 heteroatoms. The van der Waals surface area contributed by atoms with Gasteiger partial charge in [0, 0.05) is 25.2 Å². The van der Waals surface area contributed by atoms with Crippen LogP contribution in [-0.4, -0.2) is 37.1 Å². The zero-order valence-corrected chi connectivity index (χ0v) is 11.8. The number of hydrogen-bond donors (Lipinski definition) is 1. The smallest absolute Gasteiger partial charge is 0.0124 e. The highest BCUT2D eigenvalue weighted by Crippen LogP contribution is 2.53. The van der Waals surface area contributed by atoms with Crippen LogP contribution in [0.1, 0.15) is 44.9 Å². The predicted octanol–water partition coefficient (Wildman–Crippen LogP) is 2.49. The number of rotatable bonds is 5. The van der Waals surface area contributed by atoms with Gasteiger partial charge in [0.15, 0.2) is 0 Å². The van der Waals surface area contributed by atoms with Gasteiger partial charge in [-0.05, 0) is 75.7 Å². The molecule has 0 spiro atoms. The Balaban J connectivity index is 1.29. The molecule has 2 nitrogen and oxygen atoms in total. The van der Waals surface area contributed by atoms with Crippen LogP contribution >= 0.6 is 0 Å². The summed E-state index contributed by atoms with van der Waals surface area (Å²) in [7, 11) is 2.30. The molecule has 1 N–H and O–H groups in total. The summed E-state index contributed by atoms with van der Waals surface area (Å²) in [5, 5.41) is 3.94. The summed E-state index contributed by atoms with van der Waals surface area (Å²) in [6.45, 7) is 2.48. The van der Waals surface area contributed by atoms with Gasteiger partial charge in [-0.1, -0.05) is 0 Å². The van der Waals surface area contributed by atoms with E-state index in [-0.39, 0.29) is 0 Å². The molecular formula is C16H28N2. The normalized spacial score (nSPS) is 46.0. The molecule has 5 aliphatic rings. The van der Waals surface area contributed by atoms with Gasteiger partial charge in [0.1, 0.15) is 0 Å². The fourth-order valence-corrected chi connectivity index (χ4v) is 5.36. The second-order valence-electron chi connectivity index (χ2n) is 7.62. The molecule has 0 heterocycles. The highest BCUT2D eigenvalue weighted by atomic mass is 15.2. The lowest BCUT2D eigenvalue weighted by atomic mass is 9.54. The van der Waals surface area contributed by atoms with Crippen molar-refractivity contribution in [3.63, 3.8) is 0 Å². The van der Waals surface area contributed by atoms with Crippen LogP contribution in [0.2, 0.25) is 0 Å². The van der Waals surface area contributed by atoms with Gasteiger partial charge in [0.05, 0.1) is 0 Å². The largest absolute Gasteiger partial charge is 0.312 e. The number of nitrogens with zero attached hydrogens (tertiary/aromatic N) is 1. The molecule has 5 aliphatic carbocycles. The molecule has 0 radical (unpaired) electrons. The Labute approximate surface area is 111 Å². The number of hydrogen-bond acceptors (Lipinski definition) is 2. The molecule has 0 aromatic carbocycles. The molecule has 102 valence electrons. The van der Waals surface area contributed by atoms with Crippen molar-refractivity contribution in [1.29, 1.82) is 0 Å². The van der Waals surface area contributed by atoms with Gasteiger partial charge in [-0.15, -0.1) is 0 Å². The molecule has 0 aliphatic heterocycles. The third kappa shape index (κ3) is 2.12. The van der Waals surface area contributed by atoms with Crippen molar-refractivity contribution >= 4 is 0 Å². The number of likely N-dealkylation sites (N-methyl/N-ethyl adjacent to an activating group) is 1. The van der Waals surface area contributed by atoms with Crippen LogP contribution in [0.15, 0.2) is 0 Å². The average molecular weight is 248 g/mol. The monoisotopic (exact) mass is 248 g/mol. The summed E-state index contributed by atoms with van der Waals surface area (Å²) in [5.41, 5.74) is 0. The number of nitrogens with one attached hydrogen (secondary N) is 1. The quantitative estimate of drug-likeness (QED) is 0.804. The summed E-state index contributed by atoms with van der Waals surface area (Å²) in [6.07, 6.45) is 10.6. The van der Waals surface area contributed by atoms with Gasteiger partial charge in [-0.25, -0.2) is 0 Å². The lowest BCUT2D eigenvalue weighted by molar-refractivity contribution is -0.0140. The summed E-state index contributed by atoms with van der Waals surface area (Å²) >= 11 is 0. The first-order chi connectivity index (χ1) is 8.79. The molecule has 18 heavy (non-hydrogen) atoms. The molecule has 5 saturated carbocycles. The van der Waals surface area contributed by atoms with Crippen LogP contribution in [0, 0.1) is 23.7 Å². The van der Waals surface area contributed by atoms with Gasteiger partial charge >= 0.3 is 0 Å². The van der Waals surface area contributed by atoms with E-state index in [1.807, 2.05) is 0 Å². The second kappa shape index (κ2) is 4.49. The fraction of sp³-hybridized carbons (Fsp3) is 1.00. The van der Waals surface area contributed by atoms with E-state index in [2.05, 4.69) is 17.3 Å². The summed E-state index contributed by atoms with van der Waals surface area (Å²) in [4.78, 5) is 2.56. The van der Waals surface area contributed by atoms with Crippen LogP contribution in [0.4, 0.5) is 0 Å². The van der Waals surface area contributed by atoms with Crippen LogP contribution in [0.25, 0.3) is 0 Å². The molecule has 0 atom stereocenters. The first kappa shape index (κ1) is 11.7. The van der Waals surface area contributed by atoms with E-state index in [4.69, 9.17) is 0 Å². The third-order valence-electron chi connectivity index (χ3n) is 6.24. The maximum Gasteiger partial charge on any atom is 0.0124 e. The molecule has 4 bridgehead atoms. The summed E-state index contributed by atoms with van der Waals surface area (Å²) in [6, 6.07) is 1.80. The minimum Gasteiger partial charge on any atom is -0.312 e. The van der Waals surface area contributed by atoms with E-state index in [1.54, 1.807) is 32.1 Å². The lowest BCUT2D eigenvalue weighted by Gasteiger charge is -2.54. The van der Waals surface area contributed by atoms with Crippen LogP contribution < -0.4 is 5.32 Å². The lowest BCUT2D eigenvalue weighted by Crippen LogP contribution is -2.55. The van der Waals surface area contributed by atoms with Crippen molar-refractivity contribution in [2.45, 2.75) is 57.0 Å². The Kier molecular flexibility index (Phi) is 2.92. The van der Waals surface area contributed by atoms with Crippen molar-refractivity contribution in [3.05, 3.63) is 0 Å². The van der Waals surface area contributed by atoms with Crippen molar-refractivity contribution in [3.8, 4) is 0 Å². The van der Waals surface area contributed by atoms with E-state index < -0.39 is 0 Å². The zero-order valence-electron chi connectivity index (χ0n) is 11.8. The first-order valence-electron chi connectivity index (χ1n) is 8.23. The van der Waals surface area contributed by atoms with Crippen molar-refractivity contribution in [2.75, 3.05) is 20.1 Å². The van der Waals surface area contributed by atoms with E-state index in [9.17, 15) is 0 Å². The first-order valence-corrected chi connectivity index (χ1v) is 8.23. The molecular weight excluding hydrogens is 220 g/mol. The second-order valence-corrected chi connectivity index (χ2v) is 7.62. The highest BCUT2D eigenvalue weighted by molar-refractivity contribution is 5.01. The molecule has 0 aromatic heterocycles. The Hall–Kier alpha value is -0.0800. The van der Waals surface area contributed by atoms with Crippen LogP contribution in [-0.2, 0) is 0 Å². The summed E-state index contributed by atoms with van der Waals surface area (Å²) < 4.78 is 0. The van der Waals surface area contributed by atoms with E-state index in [0.29, 0.717) is 0 Å². The topological polar surface area (TPSA) is 15.3 Å². The minimum atomic E-state index is 0.880. The highest BCUT2D eigenvalue weighted by Gasteiger charge is 2.47. The molecule has 0 aromatic rings. The Morgan fingerprint density at radius 1 is 0.944 bits per heavy atom. The predicted molar refractivity (Wildman–Crippen MR) is 74.5 cm³/mol. The van der Waals surface area contributed by atoms with Gasteiger partial charge < -0.3 is 10.2 Å². The Morgan fingerprint density at radius 3 is 2.11 bits per heavy atom. The SMILES string of the molecule is CN(CCNC1C2CC3CC(C2)CC1C3)C1CC1. The van der Waals surface area contributed by atoms with Gasteiger partial charge in [0.25, 0.3) is 0 Å². The maximum atomic E-state index is 3.94. The molecule has 5 rings (SSSR count). The van der Waals surface area contributed by atoms with Gasteiger partial charge in [0.2, 0.25) is 0 Å². The molecule has 0 amide bonds. The molecule has 0 saturated heterocycles. The van der Waals surface area contributed by atoms with Gasteiger partial charge in [-0.2, -0.15) is 0 Å². The van der Waals surface area contributed by atoms with E-state index in [1.165, 1.54) is 25.9 Å². The summed E-state index contributed by atoms with van der Waals surface area (Å²) in [5.74, 6) is 4.29. The van der Waals surface area contributed by atoms with Crippen molar-refractivity contribution in [1.82, 2.24) is 10.2 Å². The average Bonchev–Trinajstić information content (AvgIpc) is 3.15. The van der Waals surface area contributed by atoms with Crippen LogP contribution in [0.5, 0.6) is 0 Å². The van der Waals surface area contributed by atoms with E-state index in [0.717, 1.165) is 35.8 Å². The minimum absolute atomic E-state index is 0.880.